The number of hydrogen-bond acceptors (Lipinski definition) is 7. The Labute approximate surface area is 260 Å². The van der Waals surface area contributed by atoms with Crippen LogP contribution in [0.25, 0.3) is 10.9 Å². The molecule has 0 radical (unpaired) electrons. The van der Waals surface area contributed by atoms with E-state index >= 15 is 4.39 Å². The van der Waals surface area contributed by atoms with Gasteiger partial charge < -0.3 is 25.0 Å². The summed E-state index contributed by atoms with van der Waals surface area (Å²) in [6, 6.07) is 8.75. The van der Waals surface area contributed by atoms with E-state index < -0.39 is 35.9 Å². The van der Waals surface area contributed by atoms with Crippen molar-refractivity contribution in [1.29, 1.82) is 0 Å². The lowest BCUT2D eigenvalue weighted by Gasteiger charge is -2.26. The molecule has 3 aromatic rings. The van der Waals surface area contributed by atoms with E-state index in [1.165, 1.54) is 11.0 Å². The highest BCUT2D eigenvalue weighted by atomic mass is 19.3. The first-order valence-corrected chi connectivity index (χ1v) is 15.1. The molecule has 2 saturated heterocycles. The van der Waals surface area contributed by atoms with Crippen molar-refractivity contribution in [3.63, 3.8) is 0 Å². The van der Waals surface area contributed by atoms with Gasteiger partial charge in [-0.25, -0.2) is 18.7 Å². The highest BCUT2D eigenvalue weighted by molar-refractivity contribution is 5.93. The lowest BCUT2D eigenvalue weighted by molar-refractivity contribution is -0.132. The standard InChI is InChI=1S/C30H32F3N7O6/c31-22-14-20(38-17-30(46-29(38)44)15-24(30)35-26(41)25(32)33)3-1-18(22)16-36-5-7-39-23-4-2-19(13-21(23)27(42)40(39)8-6-36)34-28(43)37-9-11-45-12-10-37/h1-4,13-14,24-25H,5-12,15-17H2,(H,34,43)(H,35,41)/t24?,30-/m1/s1. The average Bonchev–Trinajstić information content (AvgIpc) is 3.56. The molecule has 0 bridgehead atoms. The largest absolute Gasteiger partial charge is 0.438 e. The molecule has 13 nitrogen and oxygen atoms in total. The zero-order chi connectivity index (χ0) is 32.2. The molecular weight excluding hydrogens is 611 g/mol. The number of anilines is 2. The third kappa shape index (κ3) is 5.55. The zero-order valence-corrected chi connectivity index (χ0v) is 24.7. The second-order valence-corrected chi connectivity index (χ2v) is 11.9. The van der Waals surface area contributed by atoms with Crippen LogP contribution in [-0.4, -0.2) is 101 Å². The number of aromatic nitrogens is 2. The van der Waals surface area contributed by atoms with Crippen LogP contribution in [0.4, 0.5) is 34.1 Å². The van der Waals surface area contributed by atoms with Crippen molar-refractivity contribution in [2.24, 2.45) is 0 Å². The molecule has 4 aliphatic rings. The van der Waals surface area contributed by atoms with E-state index in [4.69, 9.17) is 9.47 Å². The number of rotatable bonds is 6. The minimum atomic E-state index is -3.17. The molecule has 244 valence electrons. The Morgan fingerprint density at radius 3 is 2.48 bits per heavy atom. The van der Waals surface area contributed by atoms with Gasteiger partial charge in [0, 0.05) is 50.4 Å². The van der Waals surface area contributed by atoms with Crippen LogP contribution in [0.3, 0.4) is 0 Å². The van der Waals surface area contributed by atoms with E-state index in [9.17, 15) is 28.0 Å². The smallest absolute Gasteiger partial charge is 0.415 e. The average molecular weight is 644 g/mol. The van der Waals surface area contributed by atoms with Crippen LogP contribution in [0, 0.1) is 5.82 Å². The van der Waals surface area contributed by atoms with Crippen LogP contribution in [-0.2, 0) is 33.9 Å². The van der Waals surface area contributed by atoms with Crippen molar-refractivity contribution < 1.29 is 37.0 Å². The fourth-order valence-corrected chi connectivity index (χ4v) is 6.42. The number of fused-ring (bicyclic) bond motifs is 3. The summed E-state index contributed by atoms with van der Waals surface area (Å²) in [5, 5.41) is 5.55. The number of benzene rings is 2. The number of halogens is 3. The number of nitrogens with zero attached hydrogens (tertiary/aromatic N) is 5. The van der Waals surface area contributed by atoms with Gasteiger partial charge in [-0.3, -0.25) is 24.1 Å². The van der Waals surface area contributed by atoms with Crippen LogP contribution in [0.15, 0.2) is 41.2 Å². The molecule has 1 aromatic heterocycles. The Morgan fingerprint density at radius 2 is 1.74 bits per heavy atom. The summed E-state index contributed by atoms with van der Waals surface area (Å²) < 4.78 is 54.8. The molecular formula is C30H32F3N7O6. The van der Waals surface area contributed by atoms with Crippen molar-refractivity contribution in [2.75, 3.05) is 56.2 Å². The summed E-state index contributed by atoms with van der Waals surface area (Å²) >= 11 is 0. The van der Waals surface area contributed by atoms with E-state index in [1.54, 1.807) is 33.8 Å². The predicted octanol–water partition coefficient (Wildman–Crippen LogP) is 2.17. The van der Waals surface area contributed by atoms with Gasteiger partial charge in [-0.15, -0.1) is 0 Å². The Kier molecular flexibility index (Phi) is 7.63. The predicted molar refractivity (Wildman–Crippen MR) is 158 cm³/mol. The molecule has 4 amide bonds. The Hall–Kier alpha value is -4.57. The molecule has 2 atom stereocenters. The molecule has 1 aliphatic carbocycles. The third-order valence-electron chi connectivity index (χ3n) is 9.05. The van der Waals surface area contributed by atoms with E-state index in [1.807, 2.05) is 15.6 Å². The van der Waals surface area contributed by atoms with Gasteiger partial charge in [0.1, 0.15) is 5.82 Å². The van der Waals surface area contributed by atoms with Gasteiger partial charge >= 0.3 is 18.5 Å². The van der Waals surface area contributed by atoms with Crippen LogP contribution in [0.1, 0.15) is 12.0 Å². The van der Waals surface area contributed by atoms with Crippen LogP contribution < -0.4 is 21.1 Å². The normalized spacial score (nSPS) is 23.0. The van der Waals surface area contributed by atoms with E-state index in [0.717, 1.165) is 5.52 Å². The molecule has 4 heterocycles. The van der Waals surface area contributed by atoms with Crippen molar-refractivity contribution in [2.45, 2.75) is 44.1 Å². The van der Waals surface area contributed by atoms with Gasteiger partial charge in [-0.1, -0.05) is 6.07 Å². The fourth-order valence-electron chi connectivity index (χ4n) is 6.42. The molecule has 3 fully saturated rings. The lowest BCUT2D eigenvalue weighted by atomic mass is 10.1. The molecule has 2 N–H and O–H groups in total. The molecule has 1 unspecified atom stereocenters. The van der Waals surface area contributed by atoms with Crippen molar-refractivity contribution in [1.82, 2.24) is 24.5 Å². The Bertz CT molecular complexity index is 1770. The number of carbonyl (C=O) groups excluding carboxylic acids is 3. The number of hydrogen-bond donors (Lipinski definition) is 2. The summed E-state index contributed by atoms with van der Waals surface area (Å²) in [6.45, 7) is 4.18. The monoisotopic (exact) mass is 643 g/mol. The molecule has 2 aromatic carbocycles. The summed E-state index contributed by atoms with van der Waals surface area (Å²) in [7, 11) is 0. The molecule has 7 rings (SSSR count). The minimum Gasteiger partial charge on any atom is -0.438 e. The number of morpholine rings is 1. The molecule has 3 aliphatic heterocycles. The zero-order valence-electron chi connectivity index (χ0n) is 24.7. The first-order chi connectivity index (χ1) is 22.1. The highest BCUT2D eigenvalue weighted by Gasteiger charge is 2.64. The fraction of sp³-hybridized carbons (Fsp3) is 0.467. The van der Waals surface area contributed by atoms with Crippen molar-refractivity contribution in [3.8, 4) is 0 Å². The maximum Gasteiger partial charge on any atom is 0.415 e. The molecule has 16 heteroatoms. The van der Waals surface area contributed by atoms with Gasteiger partial charge in [0.05, 0.1) is 55.5 Å². The first kappa shape index (κ1) is 30.1. The second kappa shape index (κ2) is 11.7. The van der Waals surface area contributed by atoms with Gasteiger partial charge in [0.2, 0.25) is 0 Å². The van der Waals surface area contributed by atoms with Gasteiger partial charge in [0.25, 0.3) is 11.5 Å². The third-order valence-corrected chi connectivity index (χ3v) is 9.05. The molecule has 46 heavy (non-hydrogen) atoms. The Balaban J connectivity index is 0.987. The topological polar surface area (TPSA) is 130 Å². The van der Waals surface area contributed by atoms with E-state index in [0.29, 0.717) is 69.1 Å². The SMILES string of the molecule is O=C(NC1C[C@@]12CN(c1ccc(CN3CCn4c(=O)c5cc(NC(=O)N6CCOCC6)ccc5n4CC3)c(F)c1)C(=O)O2)C(F)F. The number of carbonyl (C=O) groups is 3. The number of amides is 4. The van der Waals surface area contributed by atoms with Gasteiger partial charge in [-0.2, -0.15) is 8.78 Å². The van der Waals surface area contributed by atoms with Crippen molar-refractivity contribution in [3.05, 3.63) is 58.1 Å². The number of alkyl halides is 2. The second-order valence-electron chi connectivity index (χ2n) is 11.9. The summed E-state index contributed by atoms with van der Waals surface area (Å²) in [4.78, 5) is 54.8. The molecule has 1 spiro atoms. The lowest BCUT2D eigenvalue weighted by Crippen LogP contribution is -2.43. The minimum absolute atomic E-state index is 0.00778. The van der Waals surface area contributed by atoms with Gasteiger partial charge in [-0.05, 0) is 30.3 Å². The van der Waals surface area contributed by atoms with E-state index in [-0.39, 0.29) is 36.8 Å². The van der Waals surface area contributed by atoms with Crippen LogP contribution in [0.2, 0.25) is 0 Å². The number of nitrogens with one attached hydrogen (secondary N) is 2. The molecule has 1 saturated carbocycles. The van der Waals surface area contributed by atoms with Crippen molar-refractivity contribution >= 4 is 40.3 Å². The summed E-state index contributed by atoms with van der Waals surface area (Å²) in [5.74, 6) is -1.95. The van der Waals surface area contributed by atoms with E-state index in [2.05, 4.69) is 10.6 Å². The maximum atomic E-state index is 15.3. The highest BCUT2D eigenvalue weighted by Crippen LogP contribution is 2.46. The summed E-state index contributed by atoms with van der Waals surface area (Å²) in [6.07, 6.45) is -3.70. The summed E-state index contributed by atoms with van der Waals surface area (Å²) in [5.41, 5.74) is 0.685. The maximum absolute atomic E-state index is 15.3. The van der Waals surface area contributed by atoms with Crippen LogP contribution in [0.5, 0.6) is 0 Å². The quantitative estimate of drug-likeness (QED) is 0.421. The van der Waals surface area contributed by atoms with Crippen LogP contribution >= 0.6 is 0 Å². The van der Waals surface area contributed by atoms with Gasteiger partial charge in [0.15, 0.2) is 5.60 Å². The Morgan fingerprint density at radius 1 is 0.978 bits per heavy atom. The number of ether oxygens (including phenoxy) is 2. The first-order valence-electron chi connectivity index (χ1n) is 15.1. The number of urea groups is 1.